The first kappa shape index (κ1) is 12.5. The molecular weight excluding hydrogens is 224 g/mol. The van der Waals surface area contributed by atoms with E-state index in [0.29, 0.717) is 11.3 Å². The summed E-state index contributed by atoms with van der Waals surface area (Å²) in [4.78, 5) is 26.0. The van der Waals surface area contributed by atoms with Gasteiger partial charge in [-0.25, -0.2) is 10.3 Å². The Morgan fingerprint density at radius 2 is 2.00 bits per heavy atom. The highest BCUT2D eigenvalue weighted by molar-refractivity contribution is 5.88. The van der Waals surface area contributed by atoms with Crippen LogP contribution >= 0.6 is 0 Å². The van der Waals surface area contributed by atoms with Gasteiger partial charge in [0.1, 0.15) is 0 Å². The average molecular weight is 234 g/mol. The monoisotopic (exact) mass is 234 g/mol. The molecule has 0 aliphatic rings. The molecule has 7 nitrogen and oxygen atoms in total. The summed E-state index contributed by atoms with van der Waals surface area (Å²) in [5.74, 6) is -0.691. The highest BCUT2D eigenvalue weighted by Crippen LogP contribution is 2.08. The maximum atomic E-state index is 11.2. The Labute approximate surface area is 97.1 Å². The first-order chi connectivity index (χ1) is 8.11. The van der Waals surface area contributed by atoms with E-state index in [4.69, 9.17) is 11.0 Å². The maximum Gasteiger partial charge on any atom is 0.343 e. The number of hydrogen-bond acceptors (Lipinski definition) is 4. The van der Waals surface area contributed by atoms with Crippen LogP contribution in [0.1, 0.15) is 5.56 Å². The second-order valence-corrected chi connectivity index (χ2v) is 3.00. The zero-order valence-electron chi connectivity index (χ0n) is 8.77. The number of primary amides is 1. The van der Waals surface area contributed by atoms with E-state index in [1.807, 2.05) is 11.5 Å². The van der Waals surface area contributed by atoms with Gasteiger partial charge in [0.15, 0.2) is 6.61 Å². The van der Waals surface area contributed by atoms with Crippen LogP contribution in [0, 0.1) is 11.3 Å². The number of carbonyl (C=O) groups excluding carboxylic acids is 2. The Hall–Kier alpha value is -2.59. The van der Waals surface area contributed by atoms with Crippen LogP contribution in [0.2, 0.25) is 0 Å². The summed E-state index contributed by atoms with van der Waals surface area (Å²) in [5, 5.41) is 11.0. The van der Waals surface area contributed by atoms with E-state index in [1.165, 1.54) is 0 Å². The number of nitrogens with zero attached hydrogens (tertiary/aromatic N) is 1. The lowest BCUT2D eigenvalue weighted by Crippen LogP contribution is -2.32. The van der Waals surface area contributed by atoms with Crippen LogP contribution in [-0.2, 0) is 9.63 Å². The van der Waals surface area contributed by atoms with Gasteiger partial charge in [0.05, 0.1) is 11.6 Å². The predicted molar refractivity (Wildman–Crippen MR) is 58.5 cm³/mol. The highest BCUT2D eigenvalue weighted by Gasteiger charge is 2.02. The van der Waals surface area contributed by atoms with Gasteiger partial charge in [0.25, 0.3) is 0 Å². The van der Waals surface area contributed by atoms with Crippen molar-refractivity contribution in [2.75, 3.05) is 11.9 Å². The zero-order valence-corrected chi connectivity index (χ0v) is 8.77. The van der Waals surface area contributed by atoms with Crippen LogP contribution in [0.15, 0.2) is 24.3 Å². The number of anilines is 1. The van der Waals surface area contributed by atoms with Crippen molar-refractivity contribution in [2.45, 2.75) is 0 Å². The van der Waals surface area contributed by atoms with E-state index in [0.717, 1.165) is 0 Å². The summed E-state index contributed by atoms with van der Waals surface area (Å²) in [5.41, 5.74) is 7.75. The molecule has 0 heterocycles. The molecule has 0 aliphatic heterocycles. The molecule has 0 bridgehead atoms. The smallest absolute Gasteiger partial charge is 0.343 e. The highest BCUT2D eigenvalue weighted by atomic mass is 16.7. The summed E-state index contributed by atoms with van der Waals surface area (Å²) in [6, 6.07) is 7.54. The Morgan fingerprint density at radius 3 is 2.53 bits per heavy atom. The van der Waals surface area contributed by atoms with Crippen LogP contribution in [0.25, 0.3) is 0 Å². The molecule has 88 valence electrons. The van der Waals surface area contributed by atoms with Crippen LogP contribution in [0.3, 0.4) is 0 Å². The first-order valence-electron chi connectivity index (χ1n) is 4.59. The largest absolute Gasteiger partial charge is 0.368 e. The molecule has 0 radical (unpaired) electrons. The fraction of sp³-hybridized carbons (Fsp3) is 0.100. The van der Waals surface area contributed by atoms with E-state index >= 15 is 0 Å². The van der Waals surface area contributed by atoms with Crippen molar-refractivity contribution in [1.29, 1.82) is 5.26 Å². The van der Waals surface area contributed by atoms with Gasteiger partial charge in [-0.15, -0.1) is 0 Å². The van der Waals surface area contributed by atoms with Crippen LogP contribution < -0.4 is 16.5 Å². The standard InChI is InChI=1S/C10H10N4O3/c11-5-7-1-3-8(4-2-7)13-10(16)14-17-6-9(12)15/h1-4H,6H2,(H2,12,15)(H2,13,14,16). The molecule has 0 spiro atoms. The van der Waals surface area contributed by atoms with E-state index in [9.17, 15) is 9.59 Å². The number of hydrogen-bond donors (Lipinski definition) is 3. The number of nitriles is 1. The van der Waals surface area contributed by atoms with Gasteiger partial charge >= 0.3 is 6.03 Å². The number of rotatable bonds is 4. The minimum absolute atomic E-state index is 0.402. The van der Waals surface area contributed by atoms with Gasteiger partial charge in [0, 0.05) is 5.69 Å². The number of benzene rings is 1. The lowest BCUT2D eigenvalue weighted by molar-refractivity contribution is -0.124. The number of hydroxylamine groups is 1. The number of carbonyl (C=O) groups is 2. The molecular formula is C10H10N4O3. The minimum Gasteiger partial charge on any atom is -0.368 e. The van der Waals surface area contributed by atoms with Crippen molar-refractivity contribution in [3.8, 4) is 6.07 Å². The lowest BCUT2D eigenvalue weighted by atomic mass is 10.2. The molecule has 0 aromatic heterocycles. The summed E-state index contributed by atoms with van der Waals surface area (Å²) in [6.07, 6.45) is 0. The molecule has 0 saturated heterocycles. The topological polar surface area (TPSA) is 117 Å². The molecule has 1 aromatic rings. The molecule has 0 unspecified atom stereocenters. The molecule has 3 amide bonds. The van der Waals surface area contributed by atoms with Crippen molar-refractivity contribution >= 4 is 17.6 Å². The van der Waals surface area contributed by atoms with Crippen molar-refractivity contribution in [3.05, 3.63) is 29.8 Å². The number of nitrogens with one attached hydrogen (secondary N) is 2. The molecule has 0 saturated carbocycles. The fourth-order valence-electron chi connectivity index (χ4n) is 0.957. The van der Waals surface area contributed by atoms with Crippen molar-refractivity contribution in [1.82, 2.24) is 5.48 Å². The number of nitrogens with two attached hydrogens (primary N) is 1. The minimum atomic E-state index is -0.691. The normalized spacial score (nSPS) is 9.12. The van der Waals surface area contributed by atoms with Crippen molar-refractivity contribution < 1.29 is 14.4 Å². The third-order valence-electron chi connectivity index (χ3n) is 1.65. The van der Waals surface area contributed by atoms with E-state index in [-0.39, 0.29) is 0 Å². The fourth-order valence-corrected chi connectivity index (χ4v) is 0.957. The van der Waals surface area contributed by atoms with Gasteiger partial charge in [-0.1, -0.05) is 0 Å². The molecule has 7 heteroatoms. The molecule has 0 atom stereocenters. The molecule has 0 fully saturated rings. The molecule has 17 heavy (non-hydrogen) atoms. The second kappa shape index (κ2) is 6.09. The summed E-state index contributed by atoms with van der Waals surface area (Å²) in [6.45, 7) is -0.402. The molecule has 1 rings (SSSR count). The molecule has 1 aromatic carbocycles. The Balaban J connectivity index is 2.40. The summed E-state index contributed by atoms with van der Waals surface area (Å²) in [7, 11) is 0. The predicted octanol–water partition coefficient (Wildman–Crippen LogP) is 0.0967. The molecule has 4 N–H and O–H groups in total. The van der Waals surface area contributed by atoms with Crippen LogP contribution in [-0.4, -0.2) is 18.5 Å². The van der Waals surface area contributed by atoms with Crippen LogP contribution in [0.5, 0.6) is 0 Å². The third kappa shape index (κ3) is 4.63. The maximum absolute atomic E-state index is 11.2. The van der Waals surface area contributed by atoms with E-state index in [2.05, 4.69) is 10.2 Å². The number of amides is 3. The van der Waals surface area contributed by atoms with E-state index in [1.54, 1.807) is 24.3 Å². The lowest BCUT2D eigenvalue weighted by Gasteiger charge is -2.06. The van der Waals surface area contributed by atoms with Gasteiger partial charge in [-0.3, -0.25) is 9.63 Å². The van der Waals surface area contributed by atoms with Crippen LogP contribution in [0.4, 0.5) is 10.5 Å². The summed E-state index contributed by atoms with van der Waals surface area (Å²) < 4.78 is 0. The quantitative estimate of drug-likeness (QED) is 0.640. The Morgan fingerprint density at radius 1 is 1.35 bits per heavy atom. The zero-order chi connectivity index (χ0) is 12.7. The summed E-state index contributed by atoms with van der Waals surface area (Å²) >= 11 is 0. The Bertz CT molecular complexity index is 450. The Kier molecular flexibility index (Phi) is 4.47. The van der Waals surface area contributed by atoms with Crippen molar-refractivity contribution in [2.24, 2.45) is 5.73 Å². The molecule has 0 aliphatic carbocycles. The first-order valence-corrected chi connectivity index (χ1v) is 4.59. The second-order valence-electron chi connectivity index (χ2n) is 3.00. The average Bonchev–Trinajstić information content (AvgIpc) is 2.29. The van der Waals surface area contributed by atoms with E-state index < -0.39 is 18.5 Å². The third-order valence-corrected chi connectivity index (χ3v) is 1.65. The van der Waals surface area contributed by atoms with Gasteiger partial charge in [-0.2, -0.15) is 5.26 Å². The van der Waals surface area contributed by atoms with Gasteiger partial charge in [-0.05, 0) is 24.3 Å². The van der Waals surface area contributed by atoms with Gasteiger partial charge in [0.2, 0.25) is 5.91 Å². The van der Waals surface area contributed by atoms with Gasteiger partial charge < -0.3 is 11.1 Å². The SMILES string of the molecule is N#Cc1ccc(NC(=O)NOCC(N)=O)cc1. The number of urea groups is 1. The van der Waals surface area contributed by atoms with Crippen molar-refractivity contribution in [3.63, 3.8) is 0 Å².